The van der Waals surface area contributed by atoms with E-state index in [1.807, 2.05) is 31.2 Å². The average molecular weight is 600 g/mol. The Labute approximate surface area is 251 Å². The number of hydrogen-bond donors (Lipinski definition) is 4. The van der Waals surface area contributed by atoms with E-state index in [1.54, 1.807) is 60.7 Å². The summed E-state index contributed by atoms with van der Waals surface area (Å²) in [7, 11) is 0. The molecule has 3 amide bonds. The summed E-state index contributed by atoms with van der Waals surface area (Å²) in [6.07, 6.45) is 1.60. The molecule has 0 heterocycles. The maximum atomic E-state index is 13.3. The van der Waals surface area contributed by atoms with Crippen LogP contribution < -0.4 is 16.0 Å². The van der Waals surface area contributed by atoms with Crippen LogP contribution in [0.4, 0.5) is 11.4 Å². The standard InChI is InChI=1S/C32H26ClN3O5S/c1-20-10-12-21(13-11-20)16-28(36-30(38)22-6-3-2-4-7-22)31(39)34-24-8-5-9-25(18-24)42-19-29(37)35-27-17-23(32(40)41)14-15-26(27)33/h2-18H,19H2,1H3,(H,34,39)(H,35,37)(H,36,38)(H,40,41)/b28-16-. The van der Waals surface area contributed by atoms with Gasteiger partial charge in [0.25, 0.3) is 11.8 Å². The molecule has 0 bridgehead atoms. The normalized spacial score (nSPS) is 11.0. The van der Waals surface area contributed by atoms with Gasteiger partial charge in [-0.25, -0.2) is 4.79 Å². The molecule has 4 rings (SSSR count). The summed E-state index contributed by atoms with van der Waals surface area (Å²) >= 11 is 7.31. The van der Waals surface area contributed by atoms with Crippen LogP contribution >= 0.6 is 23.4 Å². The summed E-state index contributed by atoms with van der Waals surface area (Å²) in [5.74, 6) is -2.45. The Hall–Kier alpha value is -4.86. The van der Waals surface area contributed by atoms with Crippen molar-refractivity contribution in [1.82, 2.24) is 5.32 Å². The molecule has 0 aliphatic carbocycles. The van der Waals surface area contributed by atoms with E-state index >= 15 is 0 Å². The number of hydrogen-bond acceptors (Lipinski definition) is 5. The first-order valence-electron chi connectivity index (χ1n) is 12.7. The van der Waals surface area contributed by atoms with Gasteiger partial charge < -0.3 is 21.1 Å². The van der Waals surface area contributed by atoms with Gasteiger partial charge in [-0.1, -0.05) is 65.7 Å². The monoisotopic (exact) mass is 599 g/mol. The fourth-order valence-electron chi connectivity index (χ4n) is 3.72. The van der Waals surface area contributed by atoms with Crippen molar-refractivity contribution in [2.75, 3.05) is 16.4 Å². The maximum absolute atomic E-state index is 13.3. The van der Waals surface area contributed by atoms with Crippen LogP contribution in [0.15, 0.2) is 108 Å². The van der Waals surface area contributed by atoms with E-state index in [-0.39, 0.29) is 33.6 Å². The molecule has 4 N–H and O–H groups in total. The second-order valence-corrected chi connectivity index (χ2v) is 10.6. The number of carboxylic acids is 1. The van der Waals surface area contributed by atoms with Crippen LogP contribution in [-0.2, 0) is 9.59 Å². The van der Waals surface area contributed by atoms with Gasteiger partial charge in [-0.15, -0.1) is 11.8 Å². The lowest BCUT2D eigenvalue weighted by Gasteiger charge is -2.12. The van der Waals surface area contributed by atoms with Crippen molar-refractivity contribution in [2.45, 2.75) is 11.8 Å². The number of halogens is 1. The minimum atomic E-state index is -1.13. The summed E-state index contributed by atoms with van der Waals surface area (Å²) in [5.41, 5.74) is 2.94. The Morgan fingerprint density at radius 3 is 2.29 bits per heavy atom. The molecule has 212 valence electrons. The number of carboxylic acid groups (broad SMARTS) is 1. The average Bonchev–Trinajstić information content (AvgIpc) is 2.98. The molecule has 0 saturated carbocycles. The molecular weight excluding hydrogens is 574 g/mol. The summed E-state index contributed by atoms with van der Waals surface area (Å²) in [5, 5.41) is 17.5. The van der Waals surface area contributed by atoms with E-state index in [4.69, 9.17) is 11.6 Å². The van der Waals surface area contributed by atoms with Crippen LogP contribution in [0.5, 0.6) is 0 Å². The topological polar surface area (TPSA) is 125 Å². The predicted octanol–water partition coefficient (Wildman–Crippen LogP) is 6.49. The number of benzene rings is 4. The molecule has 8 nitrogen and oxygen atoms in total. The summed E-state index contributed by atoms with van der Waals surface area (Å²) in [6.45, 7) is 1.96. The SMILES string of the molecule is Cc1ccc(/C=C(\NC(=O)c2ccccc2)C(=O)Nc2cccc(SCC(=O)Nc3cc(C(=O)O)ccc3Cl)c2)cc1. The van der Waals surface area contributed by atoms with Gasteiger partial charge in [-0.3, -0.25) is 14.4 Å². The quantitative estimate of drug-likeness (QED) is 0.122. The van der Waals surface area contributed by atoms with Crippen LogP contribution in [0, 0.1) is 6.92 Å². The van der Waals surface area contributed by atoms with Gasteiger partial charge in [0.05, 0.1) is 22.0 Å². The highest BCUT2D eigenvalue weighted by Crippen LogP contribution is 2.25. The molecule has 0 spiro atoms. The Bertz CT molecular complexity index is 1660. The zero-order valence-electron chi connectivity index (χ0n) is 22.4. The largest absolute Gasteiger partial charge is 0.478 e. The third-order valence-electron chi connectivity index (χ3n) is 5.87. The van der Waals surface area contributed by atoms with Gasteiger partial charge in [0, 0.05) is 16.1 Å². The van der Waals surface area contributed by atoms with E-state index in [2.05, 4.69) is 16.0 Å². The first-order chi connectivity index (χ1) is 20.2. The van der Waals surface area contributed by atoms with Gasteiger partial charge in [0.2, 0.25) is 5.91 Å². The number of aromatic carboxylic acids is 1. The van der Waals surface area contributed by atoms with Gasteiger partial charge in [-0.05, 0) is 67.1 Å². The molecular formula is C32H26ClN3O5S. The van der Waals surface area contributed by atoms with Gasteiger partial charge in [-0.2, -0.15) is 0 Å². The van der Waals surface area contributed by atoms with Crippen LogP contribution in [-0.4, -0.2) is 34.6 Å². The lowest BCUT2D eigenvalue weighted by Crippen LogP contribution is -2.30. The molecule has 0 radical (unpaired) electrons. The first kappa shape index (κ1) is 30.1. The molecule has 0 saturated heterocycles. The number of carbonyl (C=O) groups excluding carboxylic acids is 3. The van der Waals surface area contributed by atoms with Gasteiger partial charge in [0.1, 0.15) is 5.70 Å². The van der Waals surface area contributed by atoms with E-state index in [1.165, 1.54) is 30.0 Å². The highest BCUT2D eigenvalue weighted by atomic mass is 35.5. The molecule has 0 aliphatic heterocycles. The number of carbonyl (C=O) groups is 4. The van der Waals surface area contributed by atoms with Gasteiger partial charge >= 0.3 is 5.97 Å². The van der Waals surface area contributed by atoms with Crippen molar-refractivity contribution in [3.63, 3.8) is 0 Å². The zero-order valence-corrected chi connectivity index (χ0v) is 24.0. The molecule has 10 heteroatoms. The summed E-state index contributed by atoms with van der Waals surface area (Å²) in [6, 6.07) is 27.1. The number of rotatable bonds is 10. The molecule has 0 unspecified atom stereocenters. The lowest BCUT2D eigenvalue weighted by atomic mass is 10.1. The van der Waals surface area contributed by atoms with Gasteiger partial charge in [0.15, 0.2) is 0 Å². The number of thioether (sulfide) groups is 1. The minimum Gasteiger partial charge on any atom is -0.478 e. The number of aryl methyl sites for hydroxylation is 1. The summed E-state index contributed by atoms with van der Waals surface area (Å²) in [4.78, 5) is 50.6. The van der Waals surface area contributed by atoms with Crippen LogP contribution in [0.3, 0.4) is 0 Å². The Kier molecular flexibility index (Phi) is 10.1. The molecule has 0 fully saturated rings. The highest BCUT2D eigenvalue weighted by molar-refractivity contribution is 8.00. The van der Waals surface area contributed by atoms with Crippen LogP contribution in [0.2, 0.25) is 5.02 Å². The van der Waals surface area contributed by atoms with Crippen molar-refractivity contribution < 1.29 is 24.3 Å². The van der Waals surface area contributed by atoms with Crippen LogP contribution in [0.1, 0.15) is 31.8 Å². The fraction of sp³-hybridized carbons (Fsp3) is 0.0625. The van der Waals surface area contributed by atoms with Crippen LogP contribution in [0.25, 0.3) is 6.08 Å². The summed E-state index contributed by atoms with van der Waals surface area (Å²) < 4.78 is 0. The first-order valence-corrected chi connectivity index (χ1v) is 14.1. The third kappa shape index (κ3) is 8.57. The molecule has 0 aromatic heterocycles. The van der Waals surface area contributed by atoms with E-state index < -0.39 is 17.8 Å². The number of nitrogens with one attached hydrogen (secondary N) is 3. The van der Waals surface area contributed by atoms with E-state index in [0.717, 1.165) is 11.1 Å². The van der Waals surface area contributed by atoms with Crippen molar-refractivity contribution in [1.29, 1.82) is 0 Å². The van der Waals surface area contributed by atoms with Crippen molar-refractivity contribution in [3.8, 4) is 0 Å². The highest BCUT2D eigenvalue weighted by Gasteiger charge is 2.16. The second-order valence-electron chi connectivity index (χ2n) is 9.11. The second kappa shape index (κ2) is 14.2. The lowest BCUT2D eigenvalue weighted by molar-refractivity contribution is -0.114. The fourth-order valence-corrected chi connectivity index (χ4v) is 4.64. The third-order valence-corrected chi connectivity index (χ3v) is 7.19. The zero-order chi connectivity index (χ0) is 30.1. The Morgan fingerprint density at radius 2 is 1.57 bits per heavy atom. The number of anilines is 2. The molecule has 0 aliphatic rings. The Morgan fingerprint density at radius 1 is 0.833 bits per heavy atom. The van der Waals surface area contributed by atoms with Crippen molar-refractivity contribution in [3.05, 3.63) is 130 Å². The van der Waals surface area contributed by atoms with E-state index in [9.17, 15) is 24.3 Å². The smallest absolute Gasteiger partial charge is 0.335 e. The predicted molar refractivity (Wildman–Crippen MR) is 166 cm³/mol. The molecule has 4 aromatic rings. The minimum absolute atomic E-state index is 0.00144. The van der Waals surface area contributed by atoms with Crippen molar-refractivity contribution >= 4 is 64.5 Å². The molecule has 0 atom stereocenters. The number of amides is 3. The molecule has 42 heavy (non-hydrogen) atoms. The van der Waals surface area contributed by atoms with Crippen molar-refractivity contribution in [2.24, 2.45) is 0 Å². The Balaban J connectivity index is 1.44. The maximum Gasteiger partial charge on any atom is 0.335 e. The molecule has 4 aromatic carbocycles. The van der Waals surface area contributed by atoms with E-state index in [0.29, 0.717) is 16.1 Å².